The van der Waals surface area contributed by atoms with Crippen molar-refractivity contribution in [3.8, 4) is 0 Å². The topological polar surface area (TPSA) is 95.5 Å². The molecule has 2 amide bonds. The minimum absolute atomic E-state index is 0.0315. The van der Waals surface area contributed by atoms with Crippen molar-refractivity contribution in [3.05, 3.63) is 75.4 Å². The van der Waals surface area contributed by atoms with Crippen LogP contribution < -0.4 is 10.6 Å². The molecular formula is C22H23BrN2O4. The number of aryl methyl sites for hydroxylation is 1. The van der Waals surface area contributed by atoms with Gasteiger partial charge in [0.05, 0.1) is 0 Å². The van der Waals surface area contributed by atoms with Crippen molar-refractivity contribution in [2.24, 2.45) is 0 Å². The fourth-order valence-corrected chi connectivity index (χ4v) is 3.02. The maximum absolute atomic E-state index is 12.8. The van der Waals surface area contributed by atoms with Crippen LogP contribution in [0.3, 0.4) is 0 Å². The van der Waals surface area contributed by atoms with Gasteiger partial charge in [-0.3, -0.25) is 9.59 Å². The minimum Gasteiger partial charge on any atom is -0.480 e. The molecule has 6 nitrogen and oxygen atoms in total. The van der Waals surface area contributed by atoms with Crippen molar-refractivity contribution in [1.82, 2.24) is 10.6 Å². The van der Waals surface area contributed by atoms with Crippen LogP contribution in [0.5, 0.6) is 0 Å². The number of hydrogen-bond acceptors (Lipinski definition) is 3. The van der Waals surface area contributed by atoms with Crippen LogP contribution in [0.15, 0.2) is 58.7 Å². The van der Waals surface area contributed by atoms with Gasteiger partial charge in [-0.15, -0.1) is 0 Å². The SMILES string of the molecule is CCC[C@H](NC(=O)/C(=C/c1cccc(Br)c1)NC(=O)c1ccc(C)cc1)C(=O)O. The first-order valence-electron chi connectivity index (χ1n) is 9.19. The van der Waals surface area contributed by atoms with E-state index in [2.05, 4.69) is 26.6 Å². The van der Waals surface area contributed by atoms with Gasteiger partial charge in [-0.25, -0.2) is 4.79 Å². The molecule has 2 rings (SSSR count). The second-order valence-corrected chi connectivity index (χ2v) is 7.50. The highest BCUT2D eigenvalue weighted by Gasteiger charge is 2.22. The van der Waals surface area contributed by atoms with E-state index in [0.717, 1.165) is 10.0 Å². The van der Waals surface area contributed by atoms with Gasteiger partial charge in [0.1, 0.15) is 11.7 Å². The molecule has 2 aromatic rings. The molecule has 0 spiro atoms. The summed E-state index contributed by atoms with van der Waals surface area (Å²) in [5, 5.41) is 14.4. The highest BCUT2D eigenvalue weighted by Crippen LogP contribution is 2.15. The average molecular weight is 459 g/mol. The van der Waals surface area contributed by atoms with Gasteiger partial charge in [0, 0.05) is 10.0 Å². The number of nitrogens with one attached hydrogen (secondary N) is 2. The van der Waals surface area contributed by atoms with E-state index in [4.69, 9.17) is 0 Å². The highest BCUT2D eigenvalue weighted by atomic mass is 79.9. The smallest absolute Gasteiger partial charge is 0.326 e. The molecule has 0 aliphatic carbocycles. The maximum atomic E-state index is 12.8. The average Bonchev–Trinajstić information content (AvgIpc) is 2.67. The molecule has 3 N–H and O–H groups in total. The zero-order valence-corrected chi connectivity index (χ0v) is 17.8. The standard InChI is InChI=1S/C22H23BrN2O4/c1-3-5-18(22(28)29)24-21(27)19(13-15-6-4-7-17(23)12-15)25-20(26)16-10-8-14(2)9-11-16/h4,6-13,18H,3,5H2,1-2H3,(H,24,27)(H,25,26)(H,28,29)/b19-13-/t18-/m0/s1. The molecule has 0 unspecified atom stereocenters. The molecule has 0 aromatic heterocycles. The first kappa shape index (κ1) is 22.4. The van der Waals surface area contributed by atoms with Gasteiger partial charge in [0.2, 0.25) is 0 Å². The highest BCUT2D eigenvalue weighted by molar-refractivity contribution is 9.10. The van der Waals surface area contributed by atoms with E-state index in [9.17, 15) is 19.5 Å². The van der Waals surface area contributed by atoms with Gasteiger partial charge in [-0.1, -0.05) is 59.1 Å². The van der Waals surface area contributed by atoms with Crippen LogP contribution in [-0.4, -0.2) is 28.9 Å². The van der Waals surface area contributed by atoms with Crippen molar-refractivity contribution >= 4 is 39.8 Å². The summed E-state index contributed by atoms with van der Waals surface area (Å²) in [6.07, 6.45) is 2.39. The molecule has 7 heteroatoms. The third-order valence-corrected chi connectivity index (χ3v) is 4.64. The van der Waals surface area contributed by atoms with Crippen LogP contribution >= 0.6 is 15.9 Å². The molecule has 0 saturated heterocycles. The van der Waals surface area contributed by atoms with Crippen molar-refractivity contribution in [1.29, 1.82) is 0 Å². The molecule has 0 radical (unpaired) electrons. The van der Waals surface area contributed by atoms with E-state index < -0.39 is 23.8 Å². The summed E-state index contributed by atoms with van der Waals surface area (Å²) >= 11 is 3.37. The van der Waals surface area contributed by atoms with Crippen LogP contribution in [0.4, 0.5) is 0 Å². The normalized spacial score (nSPS) is 12.2. The van der Waals surface area contributed by atoms with Gasteiger partial charge >= 0.3 is 5.97 Å². The number of carboxylic acids is 1. The van der Waals surface area contributed by atoms with E-state index in [1.54, 1.807) is 42.5 Å². The lowest BCUT2D eigenvalue weighted by Gasteiger charge is -2.16. The largest absolute Gasteiger partial charge is 0.480 e. The maximum Gasteiger partial charge on any atom is 0.326 e. The monoisotopic (exact) mass is 458 g/mol. The first-order valence-corrected chi connectivity index (χ1v) is 9.98. The molecule has 0 aliphatic heterocycles. The summed E-state index contributed by atoms with van der Waals surface area (Å²) in [5.74, 6) is -2.23. The Hall–Kier alpha value is -2.93. The number of rotatable bonds is 8. The van der Waals surface area contributed by atoms with Crippen LogP contribution in [0.2, 0.25) is 0 Å². The number of carboxylic acid groups (broad SMARTS) is 1. The van der Waals surface area contributed by atoms with E-state index in [1.807, 2.05) is 19.9 Å². The number of hydrogen-bond donors (Lipinski definition) is 3. The predicted octanol–water partition coefficient (Wildman–Crippen LogP) is 3.90. The van der Waals surface area contributed by atoms with Crippen molar-refractivity contribution in [3.63, 3.8) is 0 Å². The lowest BCUT2D eigenvalue weighted by Crippen LogP contribution is -2.44. The van der Waals surface area contributed by atoms with E-state index in [0.29, 0.717) is 17.5 Å². The number of halogens is 1. The Morgan fingerprint density at radius 3 is 2.41 bits per heavy atom. The summed E-state index contributed by atoms with van der Waals surface area (Å²) < 4.78 is 0.810. The lowest BCUT2D eigenvalue weighted by atomic mass is 10.1. The fraction of sp³-hybridized carbons (Fsp3) is 0.227. The van der Waals surface area contributed by atoms with E-state index >= 15 is 0 Å². The van der Waals surface area contributed by atoms with Gasteiger partial charge in [0.25, 0.3) is 11.8 Å². The summed E-state index contributed by atoms with van der Waals surface area (Å²) in [7, 11) is 0. The van der Waals surface area contributed by atoms with Crippen LogP contribution in [-0.2, 0) is 9.59 Å². The number of carbonyl (C=O) groups excluding carboxylic acids is 2. The van der Waals surface area contributed by atoms with Gasteiger partial charge < -0.3 is 15.7 Å². The molecule has 0 fully saturated rings. The number of aliphatic carboxylic acids is 1. The summed E-state index contributed by atoms with van der Waals surface area (Å²) in [4.78, 5) is 36.8. The third-order valence-electron chi connectivity index (χ3n) is 4.15. The van der Waals surface area contributed by atoms with Crippen LogP contribution in [0.25, 0.3) is 6.08 Å². The van der Waals surface area contributed by atoms with E-state index in [-0.39, 0.29) is 12.1 Å². The van der Waals surface area contributed by atoms with Crippen molar-refractivity contribution in [2.45, 2.75) is 32.7 Å². The van der Waals surface area contributed by atoms with Gasteiger partial charge in [-0.2, -0.15) is 0 Å². The Labute approximate surface area is 178 Å². The van der Waals surface area contributed by atoms with Crippen LogP contribution in [0.1, 0.15) is 41.3 Å². The number of benzene rings is 2. The molecule has 152 valence electrons. The quantitative estimate of drug-likeness (QED) is 0.522. The molecule has 0 heterocycles. The van der Waals surface area contributed by atoms with Crippen LogP contribution in [0, 0.1) is 6.92 Å². The van der Waals surface area contributed by atoms with E-state index in [1.165, 1.54) is 6.08 Å². The predicted molar refractivity (Wildman–Crippen MR) is 115 cm³/mol. The Morgan fingerprint density at radius 1 is 1.14 bits per heavy atom. The molecular weight excluding hydrogens is 436 g/mol. The van der Waals surface area contributed by atoms with Crippen molar-refractivity contribution in [2.75, 3.05) is 0 Å². The summed E-state index contributed by atoms with van der Waals surface area (Å²) in [6.45, 7) is 3.74. The Morgan fingerprint density at radius 2 is 1.83 bits per heavy atom. The Balaban J connectivity index is 2.32. The summed E-state index contributed by atoms with van der Waals surface area (Å²) in [6, 6.07) is 13.1. The van der Waals surface area contributed by atoms with Gasteiger partial charge in [0.15, 0.2) is 0 Å². The Bertz CT molecular complexity index is 923. The summed E-state index contributed by atoms with van der Waals surface area (Å²) in [5.41, 5.74) is 2.05. The zero-order chi connectivity index (χ0) is 21.4. The molecule has 1 atom stereocenters. The third kappa shape index (κ3) is 6.87. The van der Waals surface area contributed by atoms with Crippen molar-refractivity contribution < 1.29 is 19.5 Å². The first-order chi connectivity index (χ1) is 13.8. The Kier molecular flexibility index (Phi) is 8.15. The molecule has 0 bridgehead atoms. The fourth-order valence-electron chi connectivity index (χ4n) is 2.60. The second kappa shape index (κ2) is 10.6. The number of amides is 2. The molecule has 0 saturated carbocycles. The molecule has 2 aromatic carbocycles. The van der Waals surface area contributed by atoms with Gasteiger partial charge in [-0.05, 0) is 49.2 Å². The lowest BCUT2D eigenvalue weighted by molar-refractivity contribution is -0.141. The second-order valence-electron chi connectivity index (χ2n) is 6.59. The minimum atomic E-state index is -1.12. The molecule has 0 aliphatic rings. The number of carbonyl (C=O) groups is 3. The molecule has 29 heavy (non-hydrogen) atoms. The zero-order valence-electron chi connectivity index (χ0n) is 16.2.